The van der Waals surface area contributed by atoms with Crippen molar-refractivity contribution < 1.29 is 13.9 Å². The third kappa shape index (κ3) is 4.71. The molecule has 3 aromatic rings. The van der Waals surface area contributed by atoms with Crippen LogP contribution in [0.4, 0.5) is 4.39 Å². The van der Waals surface area contributed by atoms with E-state index in [0.717, 1.165) is 29.6 Å². The van der Waals surface area contributed by atoms with Crippen molar-refractivity contribution in [2.24, 2.45) is 7.05 Å². The van der Waals surface area contributed by atoms with Crippen LogP contribution >= 0.6 is 0 Å². The largest absolute Gasteiger partial charge is 0.367 e. The summed E-state index contributed by atoms with van der Waals surface area (Å²) in [5, 5.41) is 23.3. The number of benzene rings is 2. The van der Waals surface area contributed by atoms with Gasteiger partial charge >= 0.3 is 0 Å². The van der Waals surface area contributed by atoms with E-state index in [4.69, 9.17) is 4.74 Å². The van der Waals surface area contributed by atoms with Crippen molar-refractivity contribution in [2.75, 3.05) is 19.7 Å². The molecule has 0 bridgehead atoms. The predicted octanol–water partition coefficient (Wildman–Crippen LogP) is 1.70. The number of carbonyl (C=O) groups is 1. The average molecular weight is 422 g/mol. The van der Waals surface area contributed by atoms with E-state index in [-0.39, 0.29) is 12.3 Å². The molecule has 1 aliphatic heterocycles. The highest BCUT2D eigenvalue weighted by Gasteiger charge is 2.24. The molecule has 1 amide bonds. The van der Waals surface area contributed by atoms with Crippen molar-refractivity contribution in [3.8, 4) is 17.2 Å². The summed E-state index contributed by atoms with van der Waals surface area (Å²) in [5.41, 5.74) is 3.53. The van der Waals surface area contributed by atoms with Crippen molar-refractivity contribution in [3.05, 3.63) is 47.8 Å². The van der Waals surface area contributed by atoms with E-state index in [1.54, 1.807) is 23.9 Å². The molecule has 31 heavy (non-hydrogen) atoms. The minimum Gasteiger partial charge on any atom is -0.367 e. The fourth-order valence-electron chi connectivity index (χ4n) is 3.60. The first-order valence-electron chi connectivity index (χ1n) is 10.2. The van der Waals surface area contributed by atoms with Gasteiger partial charge in [-0.15, -0.1) is 5.10 Å². The van der Waals surface area contributed by atoms with Crippen molar-refractivity contribution in [1.29, 1.82) is 5.26 Å². The number of nitrogens with one attached hydrogen (secondary N) is 2. The Kier molecular flexibility index (Phi) is 6.21. The van der Waals surface area contributed by atoms with Gasteiger partial charge < -0.3 is 15.4 Å². The summed E-state index contributed by atoms with van der Waals surface area (Å²) in [7, 11) is 1.80. The smallest absolute Gasteiger partial charge is 0.251 e. The lowest BCUT2D eigenvalue weighted by molar-refractivity contribution is -0.132. The van der Waals surface area contributed by atoms with Crippen LogP contribution in [0.2, 0.25) is 0 Å². The molecule has 0 aliphatic carbocycles. The molecule has 2 N–H and O–H groups in total. The monoisotopic (exact) mass is 422 g/mol. The zero-order valence-electron chi connectivity index (χ0n) is 17.1. The molecule has 0 radical (unpaired) electrons. The Morgan fingerprint density at radius 3 is 3.00 bits per heavy atom. The molecule has 1 aromatic heterocycles. The van der Waals surface area contributed by atoms with Crippen molar-refractivity contribution in [3.63, 3.8) is 0 Å². The lowest BCUT2D eigenvalue weighted by atomic mass is 9.99. The molecule has 0 spiro atoms. The molecule has 9 heteroatoms. The summed E-state index contributed by atoms with van der Waals surface area (Å²) in [6, 6.07) is 11.7. The lowest BCUT2D eigenvalue weighted by Crippen LogP contribution is -2.46. The zero-order valence-corrected chi connectivity index (χ0v) is 17.1. The van der Waals surface area contributed by atoms with Gasteiger partial charge in [0.15, 0.2) is 0 Å². The number of amides is 1. The summed E-state index contributed by atoms with van der Waals surface area (Å²) >= 11 is 0. The van der Waals surface area contributed by atoms with Gasteiger partial charge in [0.05, 0.1) is 11.6 Å². The van der Waals surface area contributed by atoms with Gasteiger partial charge in [0.25, 0.3) is 5.91 Å². The van der Waals surface area contributed by atoms with E-state index in [1.807, 2.05) is 24.3 Å². The number of nitrogens with zero attached hydrogens (tertiary/aromatic N) is 4. The van der Waals surface area contributed by atoms with E-state index in [0.29, 0.717) is 24.3 Å². The molecule has 8 nitrogen and oxygen atoms in total. The molecule has 0 saturated carbocycles. The summed E-state index contributed by atoms with van der Waals surface area (Å²) in [4.78, 5) is 12.4. The van der Waals surface area contributed by atoms with Crippen LogP contribution in [-0.2, 0) is 23.0 Å². The number of ether oxygens (including phenoxy) is 1. The Bertz CT molecular complexity index is 1130. The van der Waals surface area contributed by atoms with Gasteiger partial charge in [0.2, 0.25) is 0 Å². The van der Waals surface area contributed by atoms with E-state index < -0.39 is 18.0 Å². The third-order valence-electron chi connectivity index (χ3n) is 5.33. The first-order chi connectivity index (χ1) is 15.0. The van der Waals surface area contributed by atoms with Crippen molar-refractivity contribution >= 4 is 16.9 Å². The van der Waals surface area contributed by atoms with Crippen LogP contribution in [0.5, 0.6) is 0 Å². The van der Waals surface area contributed by atoms with E-state index in [1.165, 1.54) is 6.07 Å². The second kappa shape index (κ2) is 9.20. The Labute approximate surface area is 179 Å². The van der Waals surface area contributed by atoms with Crippen LogP contribution in [0.15, 0.2) is 36.4 Å². The highest BCUT2D eigenvalue weighted by Crippen LogP contribution is 2.25. The topological polar surface area (TPSA) is 105 Å². The maximum absolute atomic E-state index is 14.8. The molecule has 2 heterocycles. The molecule has 0 unspecified atom stereocenters. The van der Waals surface area contributed by atoms with E-state index >= 15 is 0 Å². The van der Waals surface area contributed by atoms with Crippen LogP contribution in [0.3, 0.4) is 0 Å². The van der Waals surface area contributed by atoms with Crippen LogP contribution in [0, 0.1) is 17.1 Å². The molecule has 1 fully saturated rings. The second-order valence-corrected chi connectivity index (χ2v) is 7.53. The molecule has 1 saturated heterocycles. The van der Waals surface area contributed by atoms with Crippen LogP contribution in [-0.4, -0.2) is 52.7 Å². The van der Waals surface area contributed by atoms with Gasteiger partial charge in [-0.1, -0.05) is 23.4 Å². The highest BCUT2D eigenvalue weighted by atomic mass is 19.1. The van der Waals surface area contributed by atoms with Gasteiger partial charge in [0, 0.05) is 26.6 Å². The minimum absolute atomic E-state index is 0.0686. The average Bonchev–Trinajstić information content (AvgIpc) is 2.97. The predicted molar refractivity (Wildman–Crippen MR) is 112 cm³/mol. The fourth-order valence-corrected chi connectivity index (χ4v) is 3.60. The Morgan fingerprint density at radius 1 is 1.39 bits per heavy atom. The Hall–Kier alpha value is -3.35. The van der Waals surface area contributed by atoms with Crippen molar-refractivity contribution in [1.82, 2.24) is 25.6 Å². The van der Waals surface area contributed by atoms with E-state index in [9.17, 15) is 14.4 Å². The number of rotatable bonds is 5. The maximum atomic E-state index is 14.8. The normalized spacial score (nSPS) is 17.6. The summed E-state index contributed by atoms with van der Waals surface area (Å²) < 4.78 is 22.0. The van der Waals surface area contributed by atoms with Crippen LogP contribution < -0.4 is 10.6 Å². The molecule has 4 rings (SSSR count). The fraction of sp³-hybridized carbons (Fsp3) is 0.364. The third-order valence-corrected chi connectivity index (χ3v) is 5.33. The zero-order chi connectivity index (χ0) is 21.8. The minimum atomic E-state index is -0.850. The molecular weight excluding hydrogens is 399 g/mol. The van der Waals surface area contributed by atoms with Gasteiger partial charge in [-0.25, -0.2) is 9.07 Å². The number of aryl methyl sites for hydroxylation is 1. The standard InChI is InChI=1S/C22H23FN6O2/c1-29-20-11-15(5-6-19(20)27-28-29)14-3-4-16(18(23)10-14)9-17(12-24)26-22(30)21-13-25-7-2-8-31-21/h3-6,10-11,17,21,25H,2,7-9,13H2,1H3,(H,26,30)/t17-,21+/m1/s1. The second-order valence-electron chi connectivity index (χ2n) is 7.53. The number of aromatic nitrogens is 3. The van der Waals surface area contributed by atoms with E-state index in [2.05, 4.69) is 20.9 Å². The molecule has 2 aromatic carbocycles. The summed E-state index contributed by atoms with van der Waals surface area (Å²) in [6.07, 6.45) is 0.244. The summed E-state index contributed by atoms with van der Waals surface area (Å²) in [5.74, 6) is -0.793. The number of hydrogen-bond acceptors (Lipinski definition) is 6. The molecule has 2 atom stereocenters. The van der Waals surface area contributed by atoms with Crippen LogP contribution in [0.25, 0.3) is 22.2 Å². The SMILES string of the molecule is Cn1nnc2ccc(-c3ccc(C[C@H](C#N)NC(=O)[C@@H]4CNCCCO4)c(F)c3)cc21. The first kappa shape index (κ1) is 20.9. The van der Waals surface area contributed by atoms with Gasteiger partial charge in [0.1, 0.15) is 23.5 Å². The first-order valence-corrected chi connectivity index (χ1v) is 10.2. The number of halogens is 1. The molecule has 1 aliphatic rings. The highest BCUT2D eigenvalue weighted by molar-refractivity contribution is 5.82. The Morgan fingerprint density at radius 2 is 2.19 bits per heavy atom. The van der Waals surface area contributed by atoms with Gasteiger partial charge in [-0.3, -0.25) is 4.79 Å². The number of fused-ring (bicyclic) bond motifs is 1. The number of hydrogen-bond donors (Lipinski definition) is 2. The van der Waals surface area contributed by atoms with Gasteiger partial charge in [-0.05, 0) is 47.9 Å². The molecular formula is C22H23FN6O2. The number of nitriles is 1. The maximum Gasteiger partial charge on any atom is 0.251 e. The van der Waals surface area contributed by atoms with Gasteiger partial charge in [-0.2, -0.15) is 5.26 Å². The number of carbonyl (C=O) groups excluding carboxylic acids is 1. The lowest BCUT2D eigenvalue weighted by Gasteiger charge is -2.18. The van der Waals surface area contributed by atoms with Crippen molar-refractivity contribution in [2.45, 2.75) is 25.0 Å². The van der Waals surface area contributed by atoms with Crippen LogP contribution in [0.1, 0.15) is 12.0 Å². The Balaban J connectivity index is 1.47. The molecule has 160 valence electrons. The summed E-state index contributed by atoms with van der Waals surface area (Å²) in [6.45, 7) is 1.66. The quantitative estimate of drug-likeness (QED) is 0.649.